The molecule has 3 aliphatic rings. The third-order valence-corrected chi connectivity index (χ3v) is 6.25. The van der Waals surface area contributed by atoms with Crippen molar-refractivity contribution < 1.29 is 18.8 Å². The summed E-state index contributed by atoms with van der Waals surface area (Å²) in [7, 11) is 0. The molecule has 1 aliphatic heterocycles. The van der Waals surface area contributed by atoms with Crippen LogP contribution in [0.5, 0.6) is 0 Å². The molecular formula is C19H25N3O4. The minimum atomic E-state index is -0.638. The molecule has 2 N–H and O–H groups in total. The van der Waals surface area contributed by atoms with Crippen LogP contribution in [0.3, 0.4) is 0 Å². The summed E-state index contributed by atoms with van der Waals surface area (Å²) in [6.07, 6.45) is 4.54. The van der Waals surface area contributed by atoms with Gasteiger partial charge in [-0.3, -0.25) is 14.4 Å². The molecule has 2 saturated carbocycles. The van der Waals surface area contributed by atoms with Crippen molar-refractivity contribution in [1.82, 2.24) is 15.5 Å². The third-order valence-electron chi connectivity index (χ3n) is 6.25. The van der Waals surface area contributed by atoms with Crippen molar-refractivity contribution in [3.63, 3.8) is 0 Å². The van der Waals surface area contributed by atoms with Crippen molar-refractivity contribution in [3.8, 4) is 0 Å². The van der Waals surface area contributed by atoms with Crippen LogP contribution in [0.2, 0.25) is 0 Å². The molecule has 3 amide bonds. The molecule has 2 aliphatic carbocycles. The van der Waals surface area contributed by atoms with Gasteiger partial charge in [0.15, 0.2) is 5.76 Å². The normalized spacial score (nSPS) is 29.3. The van der Waals surface area contributed by atoms with Crippen molar-refractivity contribution in [1.29, 1.82) is 0 Å². The second kappa shape index (κ2) is 6.14. The summed E-state index contributed by atoms with van der Waals surface area (Å²) in [5.74, 6) is 0.554. The topological polar surface area (TPSA) is 91.7 Å². The molecule has 7 nitrogen and oxygen atoms in total. The largest absolute Gasteiger partial charge is 0.459 e. The van der Waals surface area contributed by atoms with Gasteiger partial charge in [0.2, 0.25) is 11.8 Å². The van der Waals surface area contributed by atoms with E-state index in [1.807, 2.05) is 4.90 Å². The highest BCUT2D eigenvalue weighted by Gasteiger charge is 2.59. The van der Waals surface area contributed by atoms with E-state index >= 15 is 0 Å². The van der Waals surface area contributed by atoms with Crippen LogP contribution < -0.4 is 10.6 Å². The van der Waals surface area contributed by atoms with E-state index in [-0.39, 0.29) is 29.0 Å². The number of furan rings is 1. The summed E-state index contributed by atoms with van der Waals surface area (Å²) in [5, 5.41) is 5.64. The van der Waals surface area contributed by atoms with Crippen molar-refractivity contribution in [2.75, 3.05) is 13.1 Å². The first-order valence-electron chi connectivity index (χ1n) is 9.33. The summed E-state index contributed by atoms with van der Waals surface area (Å²) >= 11 is 0. The van der Waals surface area contributed by atoms with Crippen LogP contribution in [0, 0.1) is 17.3 Å². The average molecular weight is 359 g/mol. The number of piperidine rings is 1. The van der Waals surface area contributed by atoms with Gasteiger partial charge in [-0.25, -0.2) is 0 Å². The Morgan fingerprint density at radius 3 is 2.50 bits per heavy atom. The van der Waals surface area contributed by atoms with E-state index in [4.69, 9.17) is 4.42 Å². The second-order valence-electron chi connectivity index (χ2n) is 8.16. The first kappa shape index (κ1) is 17.1. The maximum absolute atomic E-state index is 12.6. The van der Waals surface area contributed by atoms with Crippen LogP contribution in [0.15, 0.2) is 22.8 Å². The lowest BCUT2D eigenvalue weighted by atomic mass is 9.69. The highest BCUT2D eigenvalue weighted by Crippen LogP contribution is 2.49. The van der Waals surface area contributed by atoms with Crippen molar-refractivity contribution in [3.05, 3.63) is 24.2 Å². The number of amides is 3. The Morgan fingerprint density at radius 1 is 1.27 bits per heavy atom. The molecule has 0 radical (unpaired) electrons. The molecule has 1 aromatic rings. The first-order valence-corrected chi connectivity index (χ1v) is 9.33. The first-order chi connectivity index (χ1) is 12.4. The molecule has 0 spiro atoms. The molecule has 26 heavy (non-hydrogen) atoms. The fourth-order valence-corrected chi connectivity index (χ4v) is 4.24. The predicted octanol–water partition coefficient (Wildman–Crippen LogP) is 1.16. The zero-order valence-corrected chi connectivity index (χ0v) is 15.2. The van der Waals surface area contributed by atoms with Gasteiger partial charge in [-0.1, -0.05) is 13.3 Å². The number of hydrogen-bond donors (Lipinski definition) is 2. The minimum absolute atomic E-state index is 0.115. The monoisotopic (exact) mass is 359 g/mol. The molecule has 2 heterocycles. The van der Waals surface area contributed by atoms with E-state index in [1.165, 1.54) is 6.26 Å². The van der Waals surface area contributed by atoms with Gasteiger partial charge in [-0.05, 0) is 31.9 Å². The van der Waals surface area contributed by atoms with Gasteiger partial charge in [0, 0.05) is 36.4 Å². The summed E-state index contributed by atoms with van der Waals surface area (Å²) in [5.41, 5.74) is -0.153. The number of likely N-dealkylation sites (tertiary alicyclic amines) is 1. The fraction of sp³-hybridized carbons (Fsp3) is 0.632. The Morgan fingerprint density at radius 2 is 1.96 bits per heavy atom. The Bertz CT molecular complexity index is 713. The number of fused-ring (bicyclic) bond motifs is 1. The zero-order valence-electron chi connectivity index (χ0n) is 15.2. The third kappa shape index (κ3) is 2.89. The summed E-state index contributed by atoms with van der Waals surface area (Å²) in [6, 6.07) is 2.66. The van der Waals surface area contributed by atoms with Crippen LogP contribution in [-0.4, -0.2) is 47.8 Å². The van der Waals surface area contributed by atoms with Gasteiger partial charge in [0.1, 0.15) is 6.04 Å². The molecular weight excluding hydrogens is 334 g/mol. The van der Waals surface area contributed by atoms with Crippen LogP contribution >= 0.6 is 0 Å². The minimum Gasteiger partial charge on any atom is -0.459 e. The highest BCUT2D eigenvalue weighted by atomic mass is 16.3. The van der Waals surface area contributed by atoms with Gasteiger partial charge in [0.05, 0.1) is 6.26 Å². The number of carbonyl (C=O) groups excluding carboxylic acids is 3. The van der Waals surface area contributed by atoms with Crippen LogP contribution in [0.4, 0.5) is 0 Å². The Hall–Kier alpha value is -2.31. The van der Waals surface area contributed by atoms with E-state index in [1.54, 1.807) is 19.1 Å². The van der Waals surface area contributed by atoms with Gasteiger partial charge < -0.3 is 20.0 Å². The second-order valence-corrected chi connectivity index (χ2v) is 8.16. The van der Waals surface area contributed by atoms with Crippen molar-refractivity contribution in [2.24, 2.45) is 17.3 Å². The van der Waals surface area contributed by atoms with Crippen LogP contribution in [0.1, 0.15) is 43.7 Å². The number of rotatable bonds is 5. The average Bonchev–Trinajstić information content (AvgIpc) is 3.06. The standard InChI is InChI=1S/C19H25N3O4/c1-11(20-17(24)14-5-3-8-26-14)16(23)21-15-12-9-22(10-13(12)15)18(25)19(2)6-4-7-19/h3,5,8,11-13,15H,4,6-7,9-10H2,1-2H3,(H,20,24)(H,21,23)/t11?,12-,13+,15?. The highest BCUT2D eigenvalue weighted by molar-refractivity contribution is 5.95. The summed E-state index contributed by atoms with van der Waals surface area (Å²) < 4.78 is 5.02. The summed E-state index contributed by atoms with van der Waals surface area (Å²) in [4.78, 5) is 38.8. The van der Waals surface area contributed by atoms with Crippen molar-refractivity contribution >= 4 is 17.7 Å². The molecule has 0 aromatic carbocycles. The van der Waals surface area contributed by atoms with E-state index < -0.39 is 11.9 Å². The van der Waals surface area contributed by atoms with Gasteiger partial charge in [-0.2, -0.15) is 0 Å². The lowest BCUT2D eigenvalue weighted by Gasteiger charge is -2.40. The maximum atomic E-state index is 12.6. The number of nitrogens with one attached hydrogen (secondary N) is 2. The SMILES string of the molecule is CC(NC(=O)c1ccco1)C(=O)NC1[C@H]2CN(C(=O)C3(C)CCC3)C[C@@H]12. The smallest absolute Gasteiger partial charge is 0.287 e. The molecule has 3 fully saturated rings. The predicted molar refractivity (Wildman–Crippen MR) is 93.1 cm³/mol. The Kier molecular flexibility index (Phi) is 4.04. The molecule has 4 rings (SSSR count). The lowest BCUT2D eigenvalue weighted by Crippen LogP contribution is -2.49. The van der Waals surface area contributed by atoms with E-state index in [0.717, 1.165) is 32.4 Å². The van der Waals surface area contributed by atoms with Gasteiger partial charge in [-0.15, -0.1) is 0 Å². The molecule has 4 atom stereocenters. The van der Waals surface area contributed by atoms with Gasteiger partial charge >= 0.3 is 0 Å². The van der Waals surface area contributed by atoms with E-state index in [9.17, 15) is 14.4 Å². The van der Waals surface area contributed by atoms with Crippen molar-refractivity contribution in [2.45, 2.75) is 45.2 Å². The molecule has 1 aromatic heterocycles. The maximum Gasteiger partial charge on any atom is 0.287 e. The quantitative estimate of drug-likeness (QED) is 0.825. The Labute approximate surface area is 152 Å². The molecule has 140 valence electrons. The van der Waals surface area contributed by atoms with E-state index in [0.29, 0.717) is 11.8 Å². The van der Waals surface area contributed by atoms with Crippen LogP contribution in [0.25, 0.3) is 0 Å². The molecule has 2 unspecified atom stereocenters. The number of nitrogens with zero attached hydrogens (tertiary/aromatic N) is 1. The lowest BCUT2D eigenvalue weighted by molar-refractivity contribution is -0.145. The molecule has 7 heteroatoms. The van der Waals surface area contributed by atoms with Gasteiger partial charge in [0.25, 0.3) is 5.91 Å². The summed E-state index contributed by atoms with van der Waals surface area (Å²) in [6.45, 7) is 5.18. The zero-order chi connectivity index (χ0) is 18.5. The molecule has 0 bridgehead atoms. The molecule has 1 saturated heterocycles. The number of carbonyl (C=O) groups is 3. The fourth-order valence-electron chi connectivity index (χ4n) is 4.24. The van der Waals surface area contributed by atoms with Crippen LogP contribution in [-0.2, 0) is 9.59 Å². The Balaban J connectivity index is 1.24. The van der Waals surface area contributed by atoms with E-state index in [2.05, 4.69) is 17.6 Å². The number of hydrogen-bond acceptors (Lipinski definition) is 4.